The van der Waals surface area contributed by atoms with Crippen LogP contribution in [0.2, 0.25) is 0 Å². The second-order valence-corrected chi connectivity index (χ2v) is 5.21. The fourth-order valence-corrected chi connectivity index (χ4v) is 2.04. The molecule has 0 saturated carbocycles. The van der Waals surface area contributed by atoms with Gasteiger partial charge in [0.2, 0.25) is 0 Å². The maximum absolute atomic E-state index is 11.8. The minimum Gasteiger partial charge on any atom is -0.338 e. The van der Waals surface area contributed by atoms with E-state index in [9.17, 15) is 4.79 Å². The standard InChI is InChI=1S/C12H20N2OS/c1-4-14(9-11-6-5-7-16-11)12(15)13-8-10(2)3/h5-7,10H,4,8-9H2,1-3H3,(H,13,15). The van der Waals surface area contributed by atoms with Crippen LogP contribution < -0.4 is 5.32 Å². The molecule has 4 heteroatoms. The molecule has 90 valence electrons. The SMILES string of the molecule is CCN(Cc1cccs1)C(=O)NCC(C)C. The van der Waals surface area contributed by atoms with E-state index >= 15 is 0 Å². The average molecular weight is 240 g/mol. The minimum atomic E-state index is 0.0320. The van der Waals surface area contributed by atoms with Crippen molar-refractivity contribution in [3.05, 3.63) is 22.4 Å². The van der Waals surface area contributed by atoms with Crippen LogP contribution in [0.3, 0.4) is 0 Å². The lowest BCUT2D eigenvalue weighted by Gasteiger charge is -2.21. The highest BCUT2D eigenvalue weighted by molar-refractivity contribution is 7.09. The van der Waals surface area contributed by atoms with Gasteiger partial charge in [0.25, 0.3) is 0 Å². The third-order valence-electron chi connectivity index (χ3n) is 2.26. The van der Waals surface area contributed by atoms with Crippen molar-refractivity contribution >= 4 is 17.4 Å². The van der Waals surface area contributed by atoms with Gasteiger partial charge >= 0.3 is 6.03 Å². The number of nitrogens with one attached hydrogen (secondary N) is 1. The number of thiophene rings is 1. The van der Waals surface area contributed by atoms with Crippen LogP contribution >= 0.6 is 11.3 Å². The number of amides is 2. The fourth-order valence-electron chi connectivity index (χ4n) is 1.32. The Morgan fingerprint density at radius 3 is 2.81 bits per heavy atom. The summed E-state index contributed by atoms with van der Waals surface area (Å²) in [4.78, 5) is 14.9. The second-order valence-electron chi connectivity index (χ2n) is 4.17. The molecule has 1 heterocycles. The Balaban J connectivity index is 2.44. The monoisotopic (exact) mass is 240 g/mol. The molecule has 0 unspecified atom stereocenters. The molecule has 1 aromatic heterocycles. The predicted molar refractivity (Wildman–Crippen MR) is 68.6 cm³/mol. The molecule has 16 heavy (non-hydrogen) atoms. The Morgan fingerprint density at radius 1 is 1.56 bits per heavy atom. The minimum absolute atomic E-state index is 0.0320. The first kappa shape index (κ1) is 13.0. The summed E-state index contributed by atoms with van der Waals surface area (Å²) in [5.41, 5.74) is 0. The summed E-state index contributed by atoms with van der Waals surface area (Å²) in [6, 6.07) is 4.10. The molecule has 0 fully saturated rings. The Labute approximate surface area is 101 Å². The first-order valence-electron chi connectivity index (χ1n) is 5.68. The van der Waals surface area contributed by atoms with E-state index in [0.29, 0.717) is 12.5 Å². The number of hydrogen-bond donors (Lipinski definition) is 1. The zero-order valence-electron chi connectivity index (χ0n) is 10.2. The summed E-state index contributed by atoms with van der Waals surface area (Å²) in [7, 11) is 0. The predicted octanol–water partition coefficient (Wildman–Crippen LogP) is 2.94. The molecule has 0 atom stereocenters. The summed E-state index contributed by atoms with van der Waals surface area (Å²) in [5, 5.41) is 4.97. The van der Waals surface area contributed by atoms with E-state index in [1.807, 2.05) is 23.3 Å². The van der Waals surface area contributed by atoms with Crippen molar-refractivity contribution in [3.8, 4) is 0 Å². The third kappa shape index (κ3) is 4.23. The fraction of sp³-hybridized carbons (Fsp3) is 0.583. The molecular weight excluding hydrogens is 220 g/mol. The van der Waals surface area contributed by atoms with E-state index < -0.39 is 0 Å². The van der Waals surface area contributed by atoms with Crippen molar-refractivity contribution in [3.63, 3.8) is 0 Å². The van der Waals surface area contributed by atoms with Crippen molar-refractivity contribution in [2.45, 2.75) is 27.3 Å². The Hall–Kier alpha value is -1.03. The lowest BCUT2D eigenvalue weighted by atomic mass is 10.2. The number of nitrogens with zero attached hydrogens (tertiary/aromatic N) is 1. The van der Waals surface area contributed by atoms with Gasteiger partial charge in [-0.05, 0) is 24.3 Å². The van der Waals surface area contributed by atoms with Crippen molar-refractivity contribution in [2.24, 2.45) is 5.92 Å². The summed E-state index contributed by atoms with van der Waals surface area (Å²) in [6.07, 6.45) is 0. The van der Waals surface area contributed by atoms with Crippen LogP contribution in [0.5, 0.6) is 0 Å². The lowest BCUT2D eigenvalue weighted by Crippen LogP contribution is -2.40. The van der Waals surface area contributed by atoms with Gasteiger partial charge in [-0.25, -0.2) is 4.79 Å². The molecule has 0 saturated heterocycles. The van der Waals surface area contributed by atoms with Gasteiger partial charge in [0.05, 0.1) is 6.54 Å². The number of rotatable bonds is 5. The summed E-state index contributed by atoms with van der Waals surface area (Å²) in [5.74, 6) is 0.490. The molecule has 1 N–H and O–H groups in total. The second kappa shape index (κ2) is 6.53. The molecule has 3 nitrogen and oxygen atoms in total. The van der Waals surface area contributed by atoms with Gasteiger partial charge in [-0.15, -0.1) is 11.3 Å². The van der Waals surface area contributed by atoms with Gasteiger partial charge in [0.15, 0.2) is 0 Å². The van der Waals surface area contributed by atoms with Crippen LogP contribution in [0.4, 0.5) is 4.79 Å². The molecule has 0 aromatic carbocycles. The number of carbonyl (C=O) groups is 1. The maximum atomic E-state index is 11.8. The van der Waals surface area contributed by atoms with Gasteiger partial charge in [-0.1, -0.05) is 19.9 Å². The topological polar surface area (TPSA) is 32.3 Å². The highest BCUT2D eigenvalue weighted by Crippen LogP contribution is 2.11. The van der Waals surface area contributed by atoms with Gasteiger partial charge in [0, 0.05) is 18.0 Å². The largest absolute Gasteiger partial charge is 0.338 e. The van der Waals surface area contributed by atoms with E-state index in [-0.39, 0.29) is 6.03 Å². The number of hydrogen-bond acceptors (Lipinski definition) is 2. The van der Waals surface area contributed by atoms with Gasteiger partial charge in [-0.2, -0.15) is 0 Å². The zero-order chi connectivity index (χ0) is 12.0. The van der Waals surface area contributed by atoms with E-state index in [4.69, 9.17) is 0 Å². The quantitative estimate of drug-likeness (QED) is 0.843. The first-order chi connectivity index (χ1) is 7.63. The van der Waals surface area contributed by atoms with Crippen molar-refractivity contribution in [1.29, 1.82) is 0 Å². The molecule has 0 aliphatic rings. The highest BCUT2D eigenvalue weighted by Gasteiger charge is 2.12. The van der Waals surface area contributed by atoms with Crippen LogP contribution in [0, 0.1) is 5.92 Å². The maximum Gasteiger partial charge on any atom is 0.317 e. The Morgan fingerprint density at radius 2 is 2.31 bits per heavy atom. The Kier molecular flexibility index (Phi) is 5.32. The molecule has 0 bridgehead atoms. The summed E-state index contributed by atoms with van der Waals surface area (Å²) < 4.78 is 0. The van der Waals surface area contributed by atoms with E-state index in [0.717, 1.165) is 13.1 Å². The molecule has 1 rings (SSSR count). The Bertz CT molecular complexity index is 309. The smallest absolute Gasteiger partial charge is 0.317 e. The van der Waals surface area contributed by atoms with E-state index in [1.54, 1.807) is 11.3 Å². The normalized spacial score (nSPS) is 10.5. The van der Waals surface area contributed by atoms with Gasteiger partial charge < -0.3 is 10.2 Å². The molecule has 0 radical (unpaired) electrons. The summed E-state index contributed by atoms with van der Waals surface area (Å²) in [6.45, 7) is 8.37. The third-order valence-corrected chi connectivity index (χ3v) is 3.12. The first-order valence-corrected chi connectivity index (χ1v) is 6.56. The molecule has 0 aliphatic heterocycles. The number of carbonyl (C=O) groups excluding carboxylic acids is 1. The van der Waals surface area contributed by atoms with Gasteiger partial charge in [-0.3, -0.25) is 0 Å². The summed E-state index contributed by atoms with van der Waals surface area (Å²) >= 11 is 1.69. The molecule has 0 spiro atoms. The van der Waals surface area contributed by atoms with Crippen molar-refractivity contribution in [2.75, 3.05) is 13.1 Å². The van der Waals surface area contributed by atoms with Crippen LogP contribution in [-0.4, -0.2) is 24.0 Å². The zero-order valence-corrected chi connectivity index (χ0v) is 11.0. The number of urea groups is 1. The van der Waals surface area contributed by atoms with Gasteiger partial charge in [0.1, 0.15) is 0 Å². The van der Waals surface area contributed by atoms with Crippen LogP contribution in [0.1, 0.15) is 25.6 Å². The molecule has 1 aromatic rings. The molecular formula is C12H20N2OS. The van der Waals surface area contributed by atoms with E-state index in [2.05, 4.69) is 25.2 Å². The van der Waals surface area contributed by atoms with Crippen LogP contribution in [0.25, 0.3) is 0 Å². The van der Waals surface area contributed by atoms with Crippen LogP contribution in [0.15, 0.2) is 17.5 Å². The van der Waals surface area contributed by atoms with Crippen LogP contribution in [-0.2, 0) is 6.54 Å². The molecule has 2 amide bonds. The van der Waals surface area contributed by atoms with Crippen molar-refractivity contribution in [1.82, 2.24) is 10.2 Å². The lowest BCUT2D eigenvalue weighted by molar-refractivity contribution is 0.197. The van der Waals surface area contributed by atoms with Crippen molar-refractivity contribution < 1.29 is 4.79 Å². The average Bonchev–Trinajstić information content (AvgIpc) is 2.75. The molecule has 0 aliphatic carbocycles. The van der Waals surface area contributed by atoms with E-state index in [1.165, 1.54) is 4.88 Å². The highest BCUT2D eigenvalue weighted by atomic mass is 32.1.